The van der Waals surface area contributed by atoms with Crippen LogP contribution in [0.25, 0.3) is 16.6 Å². The number of hydrogen-bond donors (Lipinski definition) is 1. The van der Waals surface area contributed by atoms with Crippen LogP contribution in [0.5, 0.6) is 0 Å². The van der Waals surface area contributed by atoms with Crippen molar-refractivity contribution in [2.75, 3.05) is 39.8 Å². The minimum Gasteiger partial charge on any atom is -0.339 e. The summed E-state index contributed by atoms with van der Waals surface area (Å²) in [5, 5.41) is 4.72. The molecule has 1 aliphatic carbocycles. The van der Waals surface area contributed by atoms with Gasteiger partial charge in [0.2, 0.25) is 0 Å². The third kappa shape index (κ3) is 4.46. The summed E-state index contributed by atoms with van der Waals surface area (Å²) in [4.78, 5) is 22.2. The van der Waals surface area contributed by atoms with E-state index in [-0.39, 0.29) is 11.9 Å². The van der Waals surface area contributed by atoms with Crippen molar-refractivity contribution in [2.45, 2.75) is 39.7 Å². The third-order valence-corrected chi connectivity index (χ3v) is 9.14. The molecular formula is C30H38FN5O. The molecule has 0 radical (unpaired) electrons. The van der Waals surface area contributed by atoms with Crippen LogP contribution in [0.2, 0.25) is 0 Å². The van der Waals surface area contributed by atoms with Crippen molar-refractivity contribution < 1.29 is 9.18 Å². The van der Waals surface area contributed by atoms with Crippen LogP contribution in [0.15, 0.2) is 36.8 Å². The quantitative estimate of drug-likeness (QED) is 0.523. The van der Waals surface area contributed by atoms with Crippen LogP contribution in [-0.4, -0.2) is 71.1 Å². The van der Waals surface area contributed by atoms with E-state index < -0.39 is 5.82 Å². The molecule has 4 heterocycles. The van der Waals surface area contributed by atoms with Crippen LogP contribution in [0.3, 0.4) is 0 Å². The normalized spacial score (nSPS) is 25.2. The summed E-state index contributed by atoms with van der Waals surface area (Å²) >= 11 is 0. The highest BCUT2D eigenvalue weighted by molar-refractivity contribution is 5.99. The number of aryl methyl sites for hydroxylation is 1. The number of rotatable bonds is 7. The molecular weight excluding hydrogens is 465 g/mol. The fraction of sp³-hybridized carbons (Fsp3) is 0.533. The van der Waals surface area contributed by atoms with E-state index in [1.807, 2.05) is 26.2 Å². The van der Waals surface area contributed by atoms with Crippen molar-refractivity contribution in [3.63, 3.8) is 0 Å². The molecule has 1 aromatic carbocycles. The van der Waals surface area contributed by atoms with Crippen LogP contribution in [0.1, 0.15) is 41.8 Å². The Labute approximate surface area is 218 Å². The summed E-state index contributed by atoms with van der Waals surface area (Å²) in [5.74, 6) is 2.75. The van der Waals surface area contributed by atoms with Crippen molar-refractivity contribution in [1.29, 1.82) is 0 Å². The molecule has 1 amide bonds. The lowest BCUT2D eigenvalue weighted by molar-refractivity contribution is 0.0754. The Morgan fingerprint density at radius 2 is 2.03 bits per heavy atom. The predicted molar refractivity (Wildman–Crippen MR) is 145 cm³/mol. The van der Waals surface area contributed by atoms with Gasteiger partial charge in [-0.05, 0) is 106 Å². The standard InChI is InChI=1S/C30H38FN5O/c1-18(2)34(4)30(37)23-10-22(31)5-6-27(23)36-16-21(29-19(3)11-32-14-28(29)36)9-20-7-8-35(15-20)17-26-24-12-33-13-25(24)26/h5-6,10-11,14,16,18,20,24-26,33H,7-9,12-13,15,17H2,1-4H3/t20-,24-,25+,26-/m0/s1. The summed E-state index contributed by atoms with van der Waals surface area (Å²) in [7, 11) is 1.77. The van der Waals surface area contributed by atoms with Crippen molar-refractivity contribution >= 4 is 16.8 Å². The van der Waals surface area contributed by atoms with E-state index in [0.29, 0.717) is 17.2 Å². The number of amides is 1. The molecule has 2 aliphatic heterocycles. The number of halogens is 1. The minimum atomic E-state index is -0.406. The van der Waals surface area contributed by atoms with Crippen LogP contribution in [0.4, 0.5) is 4.39 Å². The average Bonchev–Trinajstić information content (AvgIpc) is 3.32. The lowest BCUT2D eigenvalue weighted by Crippen LogP contribution is -2.33. The van der Waals surface area contributed by atoms with E-state index in [4.69, 9.17) is 0 Å². The van der Waals surface area contributed by atoms with Gasteiger partial charge in [-0.2, -0.15) is 0 Å². The Kier molecular flexibility index (Phi) is 6.32. The number of carbonyl (C=O) groups excluding carboxylic acids is 1. The SMILES string of the molecule is Cc1cncc2c1c(C[C@@H]1CCN(C[C@@H]3[C@@H]4CNC[C@@H]43)C1)cn2-c1ccc(F)cc1C(=O)N(C)C(C)C. The molecule has 0 bridgehead atoms. The highest BCUT2D eigenvalue weighted by Crippen LogP contribution is 2.49. The molecule has 6 nitrogen and oxygen atoms in total. The van der Waals surface area contributed by atoms with Crippen LogP contribution in [0, 0.1) is 36.4 Å². The van der Waals surface area contributed by atoms with Crippen molar-refractivity contribution in [1.82, 2.24) is 24.7 Å². The molecule has 3 aromatic rings. The van der Waals surface area contributed by atoms with Crippen LogP contribution < -0.4 is 5.32 Å². The summed E-state index contributed by atoms with van der Waals surface area (Å²) in [5.41, 5.74) is 4.46. The first kappa shape index (κ1) is 24.6. The molecule has 3 fully saturated rings. The lowest BCUT2D eigenvalue weighted by atomic mass is 9.97. The smallest absolute Gasteiger partial charge is 0.256 e. The molecule has 4 atom stereocenters. The largest absolute Gasteiger partial charge is 0.339 e. The Hall–Kier alpha value is -2.77. The van der Waals surface area contributed by atoms with Gasteiger partial charge in [0.15, 0.2) is 0 Å². The lowest BCUT2D eigenvalue weighted by Gasteiger charge is -2.23. The number of carbonyl (C=O) groups is 1. The Morgan fingerprint density at radius 3 is 2.78 bits per heavy atom. The van der Waals surface area contributed by atoms with Gasteiger partial charge in [0.25, 0.3) is 5.91 Å². The highest BCUT2D eigenvalue weighted by Gasteiger charge is 2.53. The maximum absolute atomic E-state index is 14.3. The molecule has 196 valence electrons. The van der Waals surface area contributed by atoms with Gasteiger partial charge in [-0.15, -0.1) is 0 Å². The van der Waals surface area contributed by atoms with E-state index in [1.54, 1.807) is 18.0 Å². The van der Waals surface area contributed by atoms with Gasteiger partial charge in [-0.3, -0.25) is 9.78 Å². The van der Waals surface area contributed by atoms with Crippen LogP contribution in [-0.2, 0) is 6.42 Å². The number of piperidine rings is 1. The number of pyridine rings is 1. The number of nitrogens with zero attached hydrogens (tertiary/aromatic N) is 4. The molecule has 2 aromatic heterocycles. The molecule has 37 heavy (non-hydrogen) atoms. The Morgan fingerprint density at radius 1 is 1.24 bits per heavy atom. The van der Waals surface area contributed by atoms with Gasteiger partial charge < -0.3 is 19.7 Å². The maximum atomic E-state index is 14.3. The Balaban J connectivity index is 1.29. The second-order valence-electron chi connectivity index (χ2n) is 11.8. The summed E-state index contributed by atoms with van der Waals surface area (Å²) in [6, 6.07) is 4.54. The second-order valence-corrected chi connectivity index (χ2v) is 11.8. The number of fused-ring (bicyclic) bond motifs is 2. The number of hydrogen-bond acceptors (Lipinski definition) is 4. The van der Waals surface area contributed by atoms with E-state index in [2.05, 4.69) is 32.9 Å². The first-order chi connectivity index (χ1) is 17.8. The minimum absolute atomic E-state index is 0.0151. The number of aromatic nitrogens is 2. The second kappa shape index (κ2) is 9.52. The van der Waals surface area contributed by atoms with Crippen molar-refractivity contribution in [2.24, 2.45) is 23.7 Å². The number of benzene rings is 1. The zero-order valence-electron chi connectivity index (χ0n) is 22.4. The van der Waals surface area contributed by atoms with E-state index >= 15 is 0 Å². The van der Waals surface area contributed by atoms with Gasteiger partial charge in [-0.25, -0.2) is 4.39 Å². The van der Waals surface area contributed by atoms with Gasteiger partial charge >= 0.3 is 0 Å². The fourth-order valence-corrected chi connectivity index (χ4v) is 6.78. The summed E-state index contributed by atoms with van der Waals surface area (Å²) < 4.78 is 16.4. The van der Waals surface area contributed by atoms with Gasteiger partial charge in [0, 0.05) is 44.0 Å². The van der Waals surface area contributed by atoms with Gasteiger partial charge in [0.05, 0.1) is 23.0 Å². The van der Waals surface area contributed by atoms with Gasteiger partial charge in [0.1, 0.15) is 5.82 Å². The number of likely N-dealkylation sites (tertiary alicyclic amines) is 1. The average molecular weight is 504 g/mol. The zero-order valence-corrected chi connectivity index (χ0v) is 22.4. The molecule has 7 heteroatoms. The highest BCUT2D eigenvalue weighted by atomic mass is 19.1. The Bertz CT molecular complexity index is 1320. The topological polar surface area (TPSA) is 53.4 Å². The third-order valence-electron chi connectivity index (χ3n) is 9.14. The van der Waals surface area contributed by atoms with Gasteiger partial charge in [-0.1, -0.05) is 0 Å². The molecule has 1 N–H and O–H groups in total. The molecule has 6 rings (SSSR count). The molecule has 2 saturated heterocycles. The van der Waals surface area contributed by atoms with E-state index in [0.717, 1.165) is 41.8 Å². The molecule has 1 saturated carbocycles. The first-order valence-electron chi connectivity index (χ1n) is 13.8. The van der Waals surface area contributed by atoms with Crippen molar-refractivity contribution in [3.05, 3.63) is 59.3 Å². The summed E-state index contributed by atoms with van der Waals surface area (Å²) in [6.45, 7) is 12.0. The molecule has 0 unspecified atom stereocenters. The monoisotopic (exact) mass is 503 g/mol. The number of nitrogens with one attached hydrogen (secondary N) is 1. The van der Waals surface area contributed by atoms with Crippen molar-refractivity contribution in [3.8, 4) is 5.69 Å². The van der Waals surface area contributed by atoms with Crippen LogP contribution >= 0.6 is 0 Å². The van der Waals surface area contributed by atoms with E-state index in [9.17, 15) is 9.18 Å². The zero-order chi connectivity index (χ0) is 25.8. The predicted octanol–water partition coefficient (Wildman–Crippen LogP) is 4.28. The fourth-order valence-electron chi connectivity index (χ4n) is 6.78. The first-order valence-corrected chi connectivity index (χ1v) is 13.8. The maximum Gasteiger partial charge on any atom is 0.256 e. The molecule has 3 aliphatic rings. The summed E-state index contributed by atoms with van der Waals surface area (Å²) in [6.07, 6.45) is 8.17. The molecule has 0 spiro atoms. The van der Waals surface area contributed by atoms with E-state index in [1.165, 1.54) is 55.7 Å².